The number of rotatable bonds is 7. The van der Waals surface area contributed by atoms with Gasteiger partial charge in [-0.3, -0.25) is 4.79 Å². The van der Waals surface area contributed by atoms with Gasteiger partial charge in [-0.1, -0.05) is 47.6 Å². The molecule has 0 spiro atoms. The maximum Gasteiger partial charge on any atom is 0.573 e. The molecule has 1 atom stereocenters. The molecular formula is C28H24F3N3O4. The monoisotopic (exact) mass is 523 g/mol. The number of nitrogens with zero attached hydrogens (tertiary/aromatic N) is 3. The van der Waals surface area contributed by atoms with Gasteiger partial charge in [-0.05, 0) is 61.2 Å². The lowest BCUT2D eigenvalue weighted by molar-refractivity contribution is -0.274. The van der Waals surface area contributed by atoms with Crippen LogP contribution in [0.4, 0.5) is 13.2 Å². The van der Waals surface area contributed by atoms with Crippen LogP contribution in [0.15, 0.2) is 77.3 Å². The Bertz CT molecular complexity index is 1420. The van der Waals surface area contributed by atoms with Gasteiger partial charge in [-0.2, -0.15) is 4.98 Å². The fraction of sp³-hybridized carbons (Fsp3) is 0.250. The number of hydrogen-bond donors (Lipinski definition) is 0. The van der Waals surface area contributed by atoms with Crippen LogP contribution < -0.4 is 9.47 Å². The number of carbonyl (C=O) groups excluding carboxylic acids is 1. The highest BCUT2D eigenvalue weighted by Gasteiger charge is 2.37. The summed E-state index contributed by atoms with van der Waals surface area (Å²) in [4.78, 5) is 19.9. The van der Waals surface area contributed by atoms with Crippen LogP contribution in [0.2, 0.25) is 0 Å². The summed E-state index contributed by atoms with van der Waals surface area (Å²) in [5, 5.41) is 3.90. The van der Waals surface area contributed by atoms with E-state index in [0.717, 1.165) is 11.1 Å². The van der Waals surface area contributed by atoms with Crippen LogP contribution in [-0.4, -0.2) is 40.5 Å². The van der Waals surface area contributed by atoms with Gasteiger partial charge in [0.1, 0.15) is 17.5 Å². The zero-order valence-electron chi connectivity index (χ0n) is 20.4. The summed E-state index contributed by atoms with van der Waals surface area (Å²) in [6.07, 6.45) is -3.60. The number of aromatic nitrogens is 2. The molecule has 0 unspecified atom stereocenters. The predicted octanol–water partition coefficient (Wildman–Crippen LogP) is 6.68. The molecule has 196 valence electrons. The lowest BCUT2D eigenvalue weighted by atomic mass is 9.98. The van der Waals surface area contributed by atoms with E-state index in [4.69, 9.17) is 9.26 Å². The topological polar surface area (TPSA) is 77.7 Å². The van der Waals surface area contributed by atoms with Crippen molar-refractivity contribution in [1.29, 1.82) is 0 Å². The highest BCUT2D eigenvalue weighted by molar-refractivity contribution is 6.01. The lowest BCUT2D eigenvalue weighted by Crippen LogP contribution is -2.31. The average Bonchev–Trinajstić information content (AvgIpc) is 3.58. The fourth-order valence-electron chi connectivity index (χ4n) is 4.59. The third-order valence-electron chi connectivity index (χ3n) is 6.21. The molecule has 0 bridgehead atoms. The second kappa shape index (κ2) is 10.6. The summed E-state index contributed by atoms with van der Waals surface area (Å²) >= 11 is 0. The Kier molecular flexibility index (Phi) is 7.04. The quantitative estimate of drug-likeness (QED) is 0.269. The fourth-order valence-corrected chi connectivity index (χ4v) is 4.59. The van der Waals surface area contributed by atoms with E-state index in [9.17, 15) is 18.0 Å². The first-order valence-electron chi connectivity index (χ1n) is 12.2. The maximum absolute atomic E-state index is 13.9. The molecule has 0 aliphatic carbocycles. The van der Waals surface area contributed by atoms with E-state index in [0.29, 0.717) is 37.3 Å². The molecule has 1 saturated heterocycles. The average molecular weight is 524 g/mol. The summed E-state index contributed by atoms with van der Waals surface area (Å²) in [5.74, 6) is 0.00499. The molecule has 38 heavy (non-hydrogen) atoms. The summed E-state index contributed by atoms with van der Waals surface area (Å²) in [6, 6.07) is 20.0. The third kappa shape index (κ3) is 5.34. The Labute approximate surface area is 216 Å². The van der Waals surface area contributed by atoms with E-state index in [1.807, 2.05) is 49.4 Å². The van der Waals surface area contributed by atoms with E-state index in [-0.39, 0.29) is 23.2 Å². The maximum atomic E-state index is 13.9. The molecule has 0 saturated carbocycles. The Morgan fingerprint density at radius 3 is 2.58 bits per heavy atom. The largest absolute Gasteiger partial charge is 0.573 e. The van der Waals surface area contributed by atoms with Crippen LogP contribution in [0, 0.1) is 0 Å². The highest BCUT2D eigenvalue weighted by atomic mass is 19.4. The summed E-state index contributed by atoms with van der Waals surface area (Å²) in [6.45, 7) is 2.78. The molecule has 7 nitrogen and oxygen atoms in total. The number of halogens is 3. The molecular weight excluding hydrogens is 499 g/mol. The van der Waals surface area contributed by atoms with Crippen molar-refractivity contribution in [2.45, 2.75) is 32.2 Å². The van der Waals surface area contributed by atoms with Gasteiger partial charge in [0, 0.05) is 6.54 Å². The third-order valence-corrected chi connectivity index (χ3v) is 6.21. The number of ether oxygens (including phenoxy) is 2. The number of para-hydroxylation sites is 1. The van der Waals surface area contributed by atoms with Gasteiger partial charge in [0.05, 0.1) is 17.7 Å². The Morgan fingerprint density at radius 1 is 1.05 bits per heavy atom. The number of hydrogen-bond acceptors (Lipinski definition) is 6. The van der Waals surface area contributed by atoms with E-state index >= 15 is 0 Å². The van der Waals surface area contributed by atoms with Crippen LogP contribution >= 0.6 is 0 Å². The molecule has 1 aliphatic rings. The molecule has 3 aromatic carbocycles. The van der Waals surface area contributed by atoms with Crippen molar-refractivity contribution in [3.05, 3.63) is 84.3 Å². The molecule has 4 aromatic rings. The molecule has 1 aliphatic heterocycles. The second-order valence-corrected chi connectivity index (χ2v) is 8.66. The van der Waals surface area contributed by atoms with E-state index in [1.165, 1.54) is 18.2 Å². The normalized spacial score (nSPS) is 15.5. The SMILES string of the molecule is CCOc1ccc(-c2ccccc2)c(C(=O)N2CCC[C@H]2c2nc(-c3ccccc3OC(F)(F)F)no2)c1. The van der Waals surface area contributed by atoms with E-state index < -0.39 is 18.2 Å². The second-order valence-electron chi connectivity index (χ2n) is 8.66. The van der Waals surface area contributed by atoms with Crippen molar-refractivity contribution in [2.24, 2.45) is 0 Å². The lowest BCUT2D eigenvalue weighted by Gasteiger charge is -2.23. The highest BCUT2D eigenvalue weighted by Crippen LogP contribution is 2.38. The van der Waals surface area contributed by atoms with Gasteiger partial charge in [0.15, 0.2) is 0 Å². The molecule has 1 amide bonds. The summed E-state index contributed by atoms with van der Waals surface area (Å²) in [7, 11) is 0. The van der Waals surface area contributed by atoms with Crippen molar-refractivity contribution >= 4 is 5.91 Å². The smallest absolute Gasteiger partial charge is 0.494 e. The Hall–Kier alpha value is -4.34. The first kappa shape index (κ1) is 25.3. The predicted molar refractivity (Wildman–Crippen MR) is 132 cm³/mol. The molecule has 5 rings (SSSR count). The van der Waals surface area contributed by atoms with Crippen LogP contribution in [-0.2, 0) is 0 Å². The van der Waals surface area contributed by atoms with Gasteiger partial charge in [0.25, 0.3) is 5.91 Å². The van der Waals surface area contributed by atoms with Gasteiger partial charge in [-0.25, -0.2) is 0 Å². The number of amides is 1. The molecule has 1 fully saturated rings. The van der Waals surface area contributed by atoms with Crippen molar-refractivity contribution in [3.63, 3.8) is 0 Å². The van der Waals surface area contributed by atoms with Crippen LogP contribution in [0.3, 0.4) is 0 Å². The van der Waals surface area contributed by atoms with Crippen molar-refractivity contribution in [1.82, 2.24) is 15.0 Å². The zero-order valence-corrected chi connectivity index (χ0v) is 20.4. The van der Waals surface area contributed by atoms with Gasteiger partial charge in [-0.15, -0.1) is 13.2 Å². The Morgan fingerprint density at radius 2 is 1.82 bits per heavy atom. The van der Waals surface area contributed by atoms with Crippen LogP contribution in [0.1, 0.15) is 42.1 Å². The van der Waals surface area contributed by atoms with Crippen molar-refractivity contribution in [3.8, 4) is 34.0 Å². The molecule has 0 N–H and O–H groups in total. The zero-order chi connectivity index (χ0) is 26.7. The van der Waals surface area contributed by atoms with E-state index in [1.54, 1.807) is 17.0 Å². The first-order valence-corrected chi connectivity index (χ1v) is 12.2. The van der Waals surface area contributed by atoms with E-state index in [2.05, 4.69) is 14.9 Å². The van der Waals surface area contributed by atoms with Gasteiger partial charge in [0.2, 0.25) is 11.7 Å². The molecule has 1 aromatic heterocycles. The molecule has 2 heterocycles. The number of likely N-dealkylation sites (tertiary alicyclic amines) is 1. The van der Waals surface area contributed by atoms with Crippen LogP contribution in [0.25, 0.3) is 22.5 Å². The summed E-state index contributed by atoms with van der Waals surface area (Å²) in [5.41, 5.74) is 2.15. The van der Waals surface area contributed by atoms with Crippen molar-refractivity contribution in [2.75, 3.05) is 13.2 Å². The molecule has 10 heteroatoms. The number of alkyl halides is 3. The first-order chi connectivity index (χ1) is 18.3. The minimum absolute atomic E-state index is 0.0338. The minimum atomic E-state index is -4.87. The number of benzene rings is 3. The summed E-state index contributed by atoms with van der Waals surface area (Å²) < 4.78 is 53.9. The minimum Gasteiger partial charge on any atom is -0.494 e. The standard InChI is InChI=1S/C28H24F3N3O4/c1-2-36-19-14-15-20(18-9-4-3-5-10-18)22(17-19)27(35)34-16-8-12-23(34)26-32-25(33-38-26)21-11-6-7-13-24(21)37-28(29,30)31/h3-7,9-11,13-15,17,23H,2,8,12,16H2,1H3/t23-/m0/s1. The van der Waals surface area contributed by atoms with Gasteiger partial charge < -0.3 is 18.9 Å². The van der Waals surface area contributed by atoms with Gasteiger partial charge >= 0.3 is 6.36 Å². The van der Waals surface area contributed by atoms with Crippen molar-refractivity contribution < 1.29 is 32.0 Å². The number of carbonyl (C=O) groups is 1. The molecule has 0 radical (unpaired) electrons. The van der Waals surface area contributed by atoms with Crippen LogP contribution in [0.5, 0.6) is 11.5 Å². The Balaban J connectivity index is 1.47.